The van der Waals surface area contributed by atoms with Crippen molar-refractivity contribution < 1.29 is 61.9 Å². The van der Waals surface area contributed by atoms with Crippen molar-refractivity contribution in [2.24, 2.45) is 10.8 Å². The van der Waals surface area contributed by atoms with Crippen LogP contribution in [0.2, 0.25) is 3.63 Å². The summed E-state index contributed by atoms with van der Waals surface area (Å²) in [6, 6.07) is 0. The van der Waals surface area contributed by atoms with Crippen molar-refractivity contribution in [3.05, 3.63) is 44.6 Å². The molecule has 140 valence electrons. The fraction of sp³-hybridized carbons (Fsp3) is 0.619. The van der Waals surface area contributed by atoms with Crippen LogP contribution in [-0.2, 0) is 24.7 Å². The number of rotatable bonds is 2. The molecule has 0 saturated heterocycles. The van der Waals surface area contributed by atoms with Gasteiger partial charge >= 0.3 is 153 Å². The summed E-state index contributed by atoms with van der Waals surface area (Å²) in [5, 5.41) is 0. The average molecular weight is 481 g/mol. The molecule has 0 bridgehead atoms. The zero-order chi connectivity index (χ0) is 17.2. The molecule has 4 heteroatoms. The van der Waals surface area contributed by atoms with Crippen molar-refractivity contribution in [2.45, 2.75) is 72.9 Å². The molecule has 0 aliphatic heterocycles. The number of allylic oxidation sites excluding steroid dienone is 8. The van der Waals surface area contributed by atoms with E-state index in [1.807, 2.05) is 0 Å². The van der Waals surface area contributed by atoms with Crippen LogP contribution < -0.4 is 37.2 Å². The van der Waals surface area contributed by atoms with E-state index in [1.165, 1.54) is 11.1 Å². The van der Waals surface area contributed by atoms with E-state index in [-0.39, 0.29) is 48.1 Å². The van der Waals surface area contributed by atoms with E-state index in [9.17, 15) is 0 Å². The molecule has 0 aromatic carbocycles. The van der Waals surface area contributed by atoms with Gasteiger partial charge in [-0.2, -0.15) is 0 Å². The molecular weight excluding hydrogens is 450 g/mol. The summed E-state index contributed by atoms with van der Waals surface area (Å²) in [5.74, 6) is 0. The molecule has 0 aromatic heterocycles. The summed E-state index contributed by atoms with van der Waals surface area (Å²) in [7, 11) is 0. The minimum absolute atomic E-state index is 0. The molecule has 2 rings (SSSR count). The second kappa shape index (κ2) is 8.81. The second-order valence-electron chi connectivity index (χ2n) is 8.26. The Morgan fingerprint density at radius 3 is 0.960 bits per heavy atom. The third kappa shape index (κ3) is 3.96. The minimum Gasteiger partial charge on any atom is -1.00 e. The van der Waals surface area contributed by atoms with E-state index >= 15 is 0 Å². The molecule has 2 aliphatic rings. The van der Waals surface area contributed by atoms with E-state index < -0.39 is 0 Å². The number of hydrogen-bond donors (Lipinski definition) is 0. The van der Waals surface area contributed by atoms with Crippen molar-refractivity contribution in [1.29, 1.82) is 0 Å². The summed E-state index contributed by atoms with van der Waals surface area (Å²) >= 11 is 1.63. The van der Waals surface area contributed by atoms with Crippen LogP contribution in [0, 0.1) is 10.8 Å². The van der Waals surface area contributed by atoms with Crippen LogP contribution in [0.15, 0.2) is 44.6 Å². The number of halogens is 3. The van der Waals surface area contributed by atoms with Crippen LogP contribution in [0.25, 0.3) is 0 Å². The van der Waals surface area contributed by atoms with Crippen LogP contribution >= 0.6 is 0 Å². The maximum absolute atomic E-state index is 2.42. The summed E-state index contributed by atoms with van der Waals surface area (Å²) in [4.78, 5) is 0. The Labute approximate surface area is 189 Å². The van der Waals surface area contributed by atoms with Gasteiger partial charge in [-0.05, 0) is 0 Å². The minimum atomic E-state index is 0. The smallest absolute Gasteiger partial charge is 1.00 e. The largest absolute Gasteiger partial charge is 1.00 e. The first-order chi connectivity index (χ1) is 9.86. The summed E-state index contributed by atoms with van der Waals surface area (Å²) in [6.07, 6.45) is 0. The first-order valence-corrected chi connectivity index (χ1v) is 9.79. The molecular formula is C21H31Cl3Zr. The van der Waals surface area contributed by atoms with Crippen LogP contribution in [0.3, 0.4) is 0 Å². The van der Waals surface area contributed by atoms with Gasteiger partial charge in [-0.15, -0.1) is 0 Å². The fourth-order valence-corrected chi connectivity index (χ4v) is 7.38. The van der Waals surface area contributed by atoms with Gasteiger partial charge in [-0.3, -0.25) is 0 Å². The predicted molar refractivity (Wildman–Crippen MR) is 93.5 cm³/mol. The first-order valence-electron chi connectivity index (χ1n) is 8.37. The van der Waals surface area contributed by atoms with E-state index in [0.29, 0.717) is 3.63 Å². The van der Waals surface area contributed by atoms with Crippen LogP contribution in [0.5, 0.6) is 0 Å². The molecule has 0 N–H and O–H groups in total. The van der Waals surface area contributed by atoms with Crippen molar-refractivity contribution in [1.82, 2.24) is 0 Å². The van der Waals surface area contributed by atoms with Gasteiger partial charge in [0.2, 0.25) is 0 Å². The molecule has 0 atom stereocenters. The number of hydrogen-bond acceptors (Lipinski definition) is 0. The first kappa shape index (κ1) is 27.9. The van der Waals surface area contributed by atoms with E-state index in [0.717, 1.165) is 0 Å². The summed E-state index contributed by atoms with van der Waals surface area (Å²) < 4.78 is 0.594. The Hall–Kier alpha value is 0.713. The molecule has 0 unspecified atom stereocenters. The third-order valence-electron chi connectivity index (χ3n) is 6.86. The van der Waals surface area contributed by atoms with Gasteiger partial charge in [0.15, 0.2) is 0 Å². The zero-order valence-corrected chi connectivity index (χ0v) is 21.9. The third-order valence-corrected chi connectivity index (χ3v) is 8.28. The second-order valence-corrected chi connectivity index (χ2v) is 9.68. The van der Waals surface area contributed by atoms with Gasteiger partial charge in [-0.1, -0.05) is 0 Å². The summed E-state index contributed by atoms with van der Waals surface area (Å²) in [6.45, 7) is 23.6. The van der Waals surface area contributed by atoms with Crippen LogP contribution in [0.4, 0.5) is 0 Å². The van der Waals surface area contributed by atoms with Gasteiger partial charge in [0.05, 0.1) is 0 Å². The van der Waals surface area contributed by atoms with Crippen LogP contribution in [0.1, 0.15) is 69.2 Å². The molecule has 0 amide bonds. The van der Waals surface area contributed by atoms with Crippen molar-refractivity contribution in [3.63, 3.8) is 0 Å². The Morgan fingerprint density at radius 1 is 0.560 bits per heavy atom. The molecule has 25 heavy (non-hydrogen) atoms. The average Bonchev–Trinajstić information content (AvgIpc) is 2.66. The molecule has 0 spiro atoms. The summed E-state index contributed by atoms with van der Waals surface area (Å²) in [5.41, 5.74) is 13.0. The molecule has 2 aliphatic carbocycles. The van der Waals surface area contributed by atoms with Gasteiger partial charge in [-0.25, -0.2) is 0 Å². The van der Waals surface area contributed by atoms with Crippen molar-refractivity contribution in [2.75, 3.05) is 0 Å². The Balaban J connectivity index is 0. The van der Waals surface area contributed by atoms with Crippen LogP contribution in [-0.4, -0.2) is 0 Å². The van der Waals surface area contributed by atoms with Crippen molar-refractivity contribution >= 4 is 0 Å². The topological polar surface area (TPSA) is 0 Å². The zero-order valence-electron chi connectivity index (χ0n) is 17.2. The predicted octanol–water partition coefficient (Wildman–Crippen LogP) is -2.28. The van der Waals surface area contributed by atoms with Gasteiger partial charge in [0, 0.05) is 0 Å². The van der Waals surface area contributed by atoms with Gasteiger partial charge < -0.3 is 37.2 Å². The normalized spacial score (nSPS) is 21.6. The quantitative estimate of drug-likeness (QED) is 0.418. The maximum Gasteiger partial charge on any atom is -1.00 e. The maximum atomic E-state index is 2.42. The van der Waals surface area contributed by atoms with E-state index in [4.69, 9.17) is 0 Å². The Bertz CT molecular complexity index is 615. The van der Waals surface area contributed by atoms with Gasteiger partial charge in [0.25, 0.3) is 0 Å². The Morgan fingerprint density at radius 2 is 0.800 bits per heavy atom. The molecule has 0 nitrogen and oxygen atoms in total. The molecule has 0 fully saturated rings. The molecule has 0 saturated carbocycles. The monoisotopic (exact) mass is 478 g/mol. The van der Waals surface area contributed by atoms with E-state index in [2.05, 4.69) is 69.2 Å². The SMILES string of the molecule is CC1=C(C)C(C)(C)C([CH]([Zr+3])C2=C(C)C(C)=C(C)C2(C)C)=C1C.[Cl-].[Cl-].[Cl-]. The van der Waals surface area contributed by atoms with Gasteiger partial charge in [0.1, 0.15) is 0 Å². The standard InChI is InChI=1S/C21H31.3ClH.Zr/c1-12-14(3)18(20(7,8)16(12)5)11-19-15(4)13(2)17(6)21(19,9)10;;;;/h11H,1-10H3;3*1H;/q;;;;+3/p-3. The van der Waals surface area contributed by atoms with E-state index in [1.54, 1.807) is 58.2 Å². The molecule has 0 radical (unpaired) electrons. The fourth-order valence-electron chi connectivity index (χ4n) is 4.54. The van der Waals surface area contributed by atoms with Crippen molar-refractivity contribution in [3.8, 4) is 0 Å². The molecule has 0 heterocycles. The Kier molecular flexibility index (Phi) is 9.84. The molecule has 0 aromatic rings.